The number of halogens is 1. The Balaban J connectivity index is 1.99. The van der Waals surface area contributed by atoms with Crippen molar-refractivity contribution in [1.29, 1.82) is 0 Å². The van der Waals surface area contributed by atoms with E-state index in [9.17, 15) is 4.79 Å². The van der Waals surface area contributed by atoms with E-state index < -0.39 is 0 Å². The molecule has 110 valence electrons. The Bertz CT molecular complexity index is 648. The molecule has 0 aliphatic carbocycles. The van der Waals surface area contributed by atoms with E-state index in [2.05, 4.69) is 26.6 Å². The topological polar surface area (TPSA) is 41.1 Å². The van der Waals surface area contributed by atoms with Crippen LogP contribution in [0, 0.1) is 20.8 Å². The lowest BCUT2D eigenvalue weighted by molar-refractivity contribution is -0.114. The smallest absolute Gasteiger partial charge is 0.243 e. The summed E-state index contributed by atoms with van der Waals surface area (Å²) >= 11 is 3.46. The summed E-state index contributed by atoms with van der Waals surface area (Å²) in [5, 5.41) is 6.10. The summed E-state index contributed by atoms with van der Waals surface area (Å²) in [5.41, 5.74) is 5.23. The first kappa shape index (κ1) is 15.6. The van der Waals surface area contributed by atoms with Crippen molar-refractivity contribution in [3.63, 3.8) is 0 Å². The van der Waals surface area contributed by atoms with Crippen molar-refractivity contribution in [2.75, 3.05) is 17.2 Å². The summed E-state index contributed by atoms with van der Waals surface area (Å²) in [4.78, 5) is 12.1. The molecule has 0 saturated carbocycles. The number of amides is 1. The van der Waals surface area contributed by atoms with E-state index in [-0.39, 0.29) is 12.5 Å². The third-order valence-electron chi connectivity index (χ3n) is 3.31. The number of carbonyl (C=O) groups is 1. The van der Waals surface area contributed by atoms with Crippen molar-refractivity contribution in [2.24, 2.45) is 0 Å². The van der Waals surface area contributed by atoms with Gasteiger partial charge in [0.05, 0.1) is 12.2 Å². The molecule has 0 fully saturated rings. The minimum atomic E-state index is -0.0674. The second-order valence-electron chi connectivity index (χ2n) is 5.15. The zero-order chi connectivity index (χ0) is 15.4. The number of para-hydroxylation sites is 1. The maximum atomic E-state index is 12.1. The summed E-state index contributed by atoms with van der Waals surface area (Å²) in [5.74, 6) is -0.0674. The molecule has 1 amide bonds. The standard InChI is InChI=1S/C17H19BrN2O/c1-11-7-8-15(14(18)9-11)20-16(21)10-19-17-12(2)5-4-6-13(17)3/h4-9,19H,10H2,1-3H3,(H,20,21). The van der Waals surface area contributed by atoms with Crippen LogP contribution in [0.5, 0.6) is 0 Å². The van der Waals surface area contributed by atoms with E-state index in [1.54, 1.807) is 0 Å². The maximum Gasteiger partial charge on any atom is 0.243 e. The highest BCUT2D eigenvalue weighted by molar-refractivity contribution is 9.10. The van der Waals surface area contributed by atoms with Gasteiger partial charge in [0.15, 0.2) is 0 Å². The van der Waals surface area contributed by atoms with Gasteiger partial charge in [-0.25, -0.2) is 0 Å². The van der Waals surface area contributed by atoms with Gasteiger partial charge in [-0.3, -0.25) is 4.79 Å². The average Bonchev–Trinajstić information content (AvgIpc) is 2.41. The maximum absolute atomic E-state index is 12.1. The zero-order valence-electron chi connectivity index (χ0n) is 12.5. The van der Waals surface area contributed by atoms with Gasteiger partial charge >= 0.3 is 0 Å². The summed E-state index contributed by atoms with van der Waals surface area (Å²) in [6, 6.07) is 11.9. The van der Waals surface area contributed by atoms with Crippen LogP contribution in [0.4, 0.5) is 11.4 Å². The van der Waals surface area contributed by atoms with E-state index in [4.69, 9.17) is 0 Å². The van der Waals surface area contributed by atoms with Gasteiger partial charge in [-0.2, -0.15) is 0 Å². The van der Waals surface area contributed by atoms with Gasteiger partial charge in [0.1, 0.15) is 0 Å². The lowest BCUT2D eigenvalue weighted by Gasteiger charge is -2.13. The molecule has 4 heteroatoms. The summed E-state index contributed by atoms with van der Waals surface area (Å²) < 4.78 is 0.892. The second kappa shape index (κ2) is 6.76. The van der Waals surface area contributed by atoms with E-state index in [0.717, 1.165) is 32.5 Å². The van der Waals surface area contributed by atoms with Crippen LogP contribution in [0.1, 0.15) is 16.7 Å². The molecule has 0 spiro atoms. The van der Waals surface area contributed by atoms with Gasteiger partial charge in [-0.1, -0.05) is 24.3 Å². The molecule has 0 bridgehead atoms. The molecule has 21 heavy (non-hydrogen) atoms. The third kappa shape index (κ3) is 4.08. The van der Waals surface area contributed by atoms with E-state index in [1.165, 1.54) is 0 Å². The fourth-order valence-corrected chi connectivity index (χ4v) is 2.77. The Hall–Kier alpha value is -1.81. The Morgan fingerprint density at radius 2 is 1.76 bits per heavy atom. The number of aryl methyl sites for hydroxylation is 3. The van der Waals surface area contributed by atoms with Crippen LogP contribution in [0.25, 0.3) is 0 Å². The minimum Gasteiger partial charge on any atom is -0.376 e. The zero-order valence-corrected chi connectivity index (χ0v) is 14.0. The fourth-order valence-electron chi connectivity index (χ4n) is 2.18. The number of benzene rings is 2. The van der Waals surface area contributed by atoms with Gasteiger partial charge in [0.25, 0.3) is 0 Å². The van der Waals surface area contributed by atoms with Gasteiger partial charge in [0.2, 0.25) is 5.91 Å². The molecule has 0 atom stereocenters. The van der Waals surface area contributed by atoms with Gasteiger partial charge in [-0.15, -0.1) is 0 Å². The van der Waals surface area contributed by atoms with Gasteiger partial charge < -0.3 is 10.6 Å². The summed E-state index contributed by atoms with van der Waals surface area (Å²) in [6.45, 7) is 6.32. The number of carbonyl (C=O) groups excluding carboxylic acids is 1. The highest BCUT2D eigenvalue weighted by atomic mass is 79.9. The first-order valence-electron chi connectivity index (χ1n) is 6.83. The lowest BCUT2D eigenvalue weighted by Crippen LogP contribution is -2.22. The summed E-state index contributed by atoms with van der Waals surface area (Å²) in [6.07, 6.45) is 0. The first-order valence-corrected chi connectivity index (χ1v) is 7.63. The van der Waals surface area contributed by atoms with Gasteiger partial charge in [-0.05, 0) is 65.5 Å². The lowest BCUT2D eigenvalue weighted by atomic mass is 10.1. The second-order valence-corrected chi connectivity index (χ2v) is 6.01. The monoisotopic (exact) mass is 346 g/mol. The number of rotatable bonds is 4. The van der Waals surface area contributed by atoms with Crippen LogP contribution in [-0.4, -0.2) is 12.5 Å². The summed E-state index contributed by atoms with van der Waals surface area (Å²) in [7, 11) is 0. The van der Waals surface area contributed by atoms with Crippen molar-refractivity contribution in [3.05, 3.63) is 57.6 Å². The molecular weight excluding hydrogens is 328 g/mol. The van der Waals surface area contributed by atoms with Crippen LogP contribution in [0.2, 0.25) is 0 Å². The fraction of sp³-hybridized carbons (Fsp3) is 0.235. The molecule has 0 saturated heterocycles. The molecule has 2 aromatic rings. The first-order chi connectivity index (χ1) is 9.97. The van der Waals surface area contributed by atoms with Crippen LogP contribution in [-0.2, 0) is 4.79 Å². The molecule has 2 aromatic carbocycles. The van der Waals surface area contributed by atoms with Crippen molar-refractivity contribution in [2.45, 2.75) is 20.8 Å². The molecule has 0 aliphatic rings. The Morgan fingerprint density at radius 3 is 2.38 bits per heavy atom. The van der Waals surface area contributed by atoms with Crippen LogP contribution < -0.4 is 10.6 Å². The SMILES string of the molecule is Cc1ccc(NC(=O)CNc2c(C)cccc2C)c(Br)c1. The Morgan fingerprint density at radius 1 is 1.10 bits per heavy atom. The normalized spacial score (nSPS) is 10.3. The minimum absolute atomic E-state index is 0.0674. The molecule has 2 N–H and O–H groups in total. The molecule has 2 rings (SSSR count). The van der Waals surface area contributed by atoms with Crippen molar-refractivity contribution in [1.82, 2.24) is 0 Å². The molecule has 0 heterocycles. The average molecular weight is 347 g/mol. The van der Waals surface area contributed by atoms with Crippen molar-refractivity contribution >= 4 is 33.2 Å². The predicted octanol–water partition coefficient (Wildman–Crippen LogP) is 4.42. The van der Waals surface area contributed by atoms with Crippen LogP contribution in [0.15, 0.2) is 40.9 Å². The third-order valence-corrected chi connectivity index (χ3v) is 3.96. The van der Waals surface area contributed by atoms with E-state index >= 15 is 0 Å². The highest BCUT2D eigenvalue weighted by Crippen LogP contribution is 2.23. The quantitative estimate of drug-likeness (QED) is 0.859. The molecule has 0 aromatic heterocycles. The molecule has 0 unspecified atom stereocenters. The highest BCUT2D eigenvalue weighted by Gasteiger charge is 2.07. The number of anilines is 2. The number of hydrogen-bond acceptors (Lipinski definition) is 2. The predicted molar refractivity (Wildman–Crippen MR) is 91.9 cm³/mol. The van der Waals surface area contributed by atoms with Gasteiger partial charge in [0, 0.05) is 10.2 Å². The largest absolute Gasteiger partial charge is 0.376 e. The van der Waals surface area contributed by atoms with Crippen LogP contribution in [0.3, 0.4) is 0 Å². The van der Waals surface area contributed by atoms with Crippen molar-refractivity contribution in [3.8, 4) is 0 Å². The van der Waals surface area contributed by atoms with Crippen LogP contribution >= 0.6 is 15.9 Å². The molecular formula is C17H19BrN2O. The molecule has 0 radical (unpaired) electrons. The molecule has 3 nitrogen and oxygen atoms in total. The Labute approximate surface area is 133 Å². The number of hydrogen-bond donors (Lipinski definition) is 2. The number of nitrogens with one attached hydrogen (secondary N) is 2. The van der Waals surface area contributed by atoms with E-state index in [1.807, 2.05) is 57.2 Å². The van der Waals surface area contributed by atoms with E-state index in [0.29, 0.717) is 0 Å². The molecule has 0 aliphatic heterocycles. The van der Waals surface area contributed by atoms with Crippen molar-refractivity contribution < 1.29 is 4.79 Å². The Kier molecular flexibility index (Phi) is 5.02.